The van der Waals surface area contributed by atoms with Gasteiger partial charge in [0, 0.05) is 12.6 Å². The summed E-state index contributed by atoms with van der Waals surface area (Å²) in [6.45, 7) is 6.84. The van der Waals surface area contributed by atoms with E-state index >= 15 is 0 Å². The molecule has 2 rings (SSSR count). The van der Waals surface area contributed by atoms with Crippen molar-refractivity contribution in [2.45, 2.75) is 39.2 Å². The van der Waals surface area contributed by atoms with Crippen LogP contribution in [0.25, 0.3) is 0 Å². The van der Waals surface area contributed by atoms with E-state index in [4.69, 9.17) is 0 Å². The zero-order valence-corrected chi connectivity index (χ0v) is 13.3. The minimum absolute atomic E-state index is 0.0413. The smallest absolute Gasteiger partial charge is 0.226 e. The molecule has 0 spiro atoms. The van der Waals surface area contributed by atoms with Gasteiger partial charge in [-0.3, -0.25) is 4.79 Å². The molecule has 0 aromatic carbocycles. The fraction of sp³-hybridized carbons (Fsp3) is 0.929. The molecule has 6 heteroatoms. The van der Waals surface area contributed by atoms with E-state index in [0.29, 0.717) is 12.3 Å². The van der Waals surface area contributed by atoms with Gasteiger partial charge in [0.15, 0.2) is 9.84 Å². The molecule has 2 aliphatic heterocycles. The van der Waals surface area contributed by atoms with Crippen molar-refractivity contribution in [2.75, 3.05) is 31.1 Å². The van der Waals surface area contributed by atoms with Gasteiger partial charge < -0.3 is 10.2 Å². The van der Waals surface area contributed by atoms with Crippen LogP contribution in [0.4, 0.5) is 0 Å². The Balaban J connectivity index is 1.98. The maximum absolute atomic E-state index is 12.6. The normalized spacial score (nSPS) is 26.9. The summed E-state index contributed by atoms with van der Waals surface area (Å²) in [6, 6.07) is 0.140. The van der Waals surface area contributed by atoms with Crippen molar-refractivity contribution in [1.29, 1.82) is 0 Å². The third-order valence-electron chi connectivity index (χ3n) is 4.40. The number of hydrogen-bond donors (Lipinski definition) is 1. The van der Waals surface area contributed by atoms with Gasteiger partial charge in [-0.2, -0.15) is 0 Å². The van der Waals surface area contributed by atoms with E-state index in [1.807, 2.05) is 18.7 Å². The number of nitrogens with zero attached hydrogens (tertiary/aromatic N) is 1. The number of nitrogens with one attached hydrogen (secondary N) is 1. The molecule has 0 saturated carbocycles. The highest BCUT2D eigenvalue weighted by Gasteiger charge is 2.36. The van der Waals surface area contributed by atoms with E-state index in [-0.39, 0.29) is 29.4 Å². The molecule has 2 fully saturated rings. The Morgan fingerprint density at radius 3 is 2.40 bits per heavy atom. The number of carbonyl (C=O) groups excluding carboxylic acids is 1. The van der Waals surface area contributed by atoms with Gasteiger partial charge in [-0.25, -0.2) is 8.42 Å². The summed E-state index contributed by atoms with van der Waals surface area (Å²) >= 11 is 0. The SMILES string of the molecule is CC(C)N(CC1CCNCC1)C(=O)C1CCS(=O)(=O)C1. The Labute approximate surface area is 122 Å². The van der Waals surface area contributed by atoms with Crippen molar-refractivity contribution in [3.05, 3.63) is 0 Å². The lowest BCUT2D eigenvalue weighted by Gasteiger charge is -2.34. The molecule has 0 bridgehead atoms. The van der Waals surface area contributed by atoms with E-state index in [9.17, 15) is 13.2 Å². The van der Waals surface area contributed by atoms with Gasteiger partial charge in [0.2, 0.25) is 5.91 Å². The lowest BCUT2D eigenvalue weighted by Crippen LogP contribution is -2.45. The molecule has 1 amide bonds. The molecular weight excluding hydrogens is 276 g/mol. The van der Waals surface area contributed by atoms with Crippen LogP contribution in [0.2, 0.25) is 0 Å². The molecule has 0 radical (unpaired) electrons. The van der Waals surface area contributed by atoms with Gasteiger partial charge in [-0.05, 0) is 52.1 Å². The maximum Gasteiger partial charge on any atom is 0.226 e. The summed E-state index contributed by atoms with van der Waals surface area (Å²) in [5.41, 5.74) is 0. The first kappa shape index (κ1) is 15.8. The summed E-state index contributed by atoms with van der Waals surface area (Å²) in [4.78, 5) is 14.5. The number of piperidine rings is 1. The van der Waals surface area contributed by atoms with Gasteiger partial charge in [0.05, 0.1) is 17.4 Å². The molecule has 1 unspecified atom stereocenters. The average molecular weight is 302 g/mol. The highest BCUT2D eigenvalue weighted by atomic mass is 32.2. The molecule has 2 heterocycles. The van der Waals surface area contributed by atoms with Crippen LogP contribution in [0, 0.1) is 11.8 Å². The largest absolute Gasteiger partial charge is 0.340 e. The van der Waals surface area contributed by atoms with Gasteiger partial charge in [0.1, 0.15) is 0 Å². The quantitative estimate of drug-likeness (QED) is 0.828. The Morgan fingerprint density at radius 2 is 1.90 bits per heavy atom. The Morgan fingerprint density at radius 1 is 1.25 bits per heavy atom. The predicted molar refractivity (Wildman–Crippen MR) is 79.2 cm³/mol. The first-order chi connectivity index (χ1) is 9.39. The van der Waals surface area contributed by atoms with Gasteiger partial charge >= 0.3 is 0 Å². The molecule has 2 aliphatic rings. The van der Waals surface area contributed by atoms with Crippen LogP contribution in [0.5, 0.6) is 0 Å². The summed E-state index contributed by atoms with van der Waals surface area (Å²) in [6.07, 6.45) is 2.69. The second kappa shape index (κ2) is 6.43. The Hall–Kier alpha value is -0.620. The first-order valence-electron chi connectivity index (χ1n) is 7.60. The second-order valence-electron chi connectivity index (χ2n) is 6.38. The third kappa shape index (κ3) is 3.95. The highest BCUT2D eigenvalue weighted by molar-refractivity contribution is 7.91. The van der Waals surface area contributed by atoms with Gasteiger partial charge in [0.25, 0.3) is 0 Å². The summed E-state index contributed by atoms with van der Waals surface area (Å²) in [5, 5.41) is 3.33. The maximum atomic E-state index is 12.6. The zero-order chi connectivity index (χ0) is 14.8. The van der Waals surface area contributed by atoms with E-state index in [1.54, 1.807) is 0 Å². The molecule has 0 aliphatic carbocycles. The molecule has 5 nitrogen and oxygen atoms in total. The molecule has 20 heavy (non-hydrogen) atoms. The van der Waals surface area contributed by atoms with Gasteiger partial charge in [-0.1, -0.05) is 0 Å². The number of amides is 1. The van der Waals surface area contributed by atoms with Crippen LogP contribution in [-0.2, 0) is 14.6 Å². The second-order valence-corrected chi connectivity index (χ2v) is 8.61. The standard InChI is InChI=1S/C14H26N2O3S/c1-11(2)16(9-12-3-6-15-7-4-12)14(17)13-5-8-20(18,19)10-13/h11-13,15H,3-10H2,1-2H3. The van der Waals surface area contributed by atoms with Crippen LogP contribution in [0.15, 0.2) is 0 Å². The number of rotatable bonds is 4. The van der Waals surface area contributed by atoms with Crippen LogP contribution in [-0.4, -0.2) is 56.4 Å². The van der Waals surface area contributed by atoms with Crippen molar-refractivity contribution < 1.29 is 13.2 Å². The van der Waals surface area contributed by atoms with E-state index < -0.39 is 9.84 Å². The van der Waals surface area contributed by atoms with Crippen molar-refractivity contribution in [3.8, 4) is 0 Å². The molecule has 1 N–H and O–H groups in total. The number of hydrogen-bond acceptors (Lipinski definition) is 4. The van der Waals surface area contributed by atoms with Gasteiger partial charge in [-0.15, -0.1) is 0 Å². The van der Waals surface area contributed by atoms with Crippen molar-refractivity contribution in [3.63, 3.8) is 0 Å². The lowest BCUT2D eigenvalue weighted by atomic mass is 9.96. The highest BCUT2D eigenvalue weighted by Crippen LogP contribution is 2.23. The third-order valence-corrected chi connectivity index (χ3v) is 6.17. The Bertz CT molecular complexity index is 441. The molecule has 0 aromatic rings. The minimum Gasteiger partial charge on any atom is -0.340 e. The average Bonchev–Trinajstić information content (AvgIpc) is 2.76. The van der Waals surface area contributed by atoms with Crippen LogP contribution in [0.3, 0.4) is 0 Å². The number of carbonyl (C=O) groups is 1. The van der Waals surface area contributed by atoms with E-state index in [2.05, 4.69) is 5.32 Å². The zero-order valence-electron chi connectivity index (χ0n) is 12.5. The summed E-state index contributed by atoms with van der Waals surface area (Å²) in [7, 11) is -2.99. The van der Waals surface area contributed by atoms with E-state index in [0.717, 1.165) is 32.5 Å². The van der Waals surface area contributed by atoms with Crippen LogP contribution in [0.1, 0.15) is 33.1 Å². The van der Waals surface area contributed by atoms with Crippen molar-refractivity contribution >= 4 is 15.7 Å². The topological polar surface area (TPSA) is 66.5 Å². The van der Waals surface area contributed by atoms with Crippen LogP contribution >= 0.6 is 0 Å². The van der Waals surface area contributed by atoms with Crippen molar-refractivity contribution in [1.82, 2.24) is 10.2 Å². The van der Waals surface area contributed by atoms with Crippen LogP contribution < -0.4 is 5.32 Å². The fourth-order valence-electron chi connectivity index (χ4n) is 3.12. The molecular formula is C14H26N2O3S. The summed E-state index contributed by atoms with van der Waals surface area (Å²) < 4.78 is 23.1. The fourth-order valence-corrected chi connectivity index (χ4v) is 4.85. The molecule has 116 valence electrons. The number of sulfone groups is 1. The monoisotopic (exact) mass is 302 g/mol. The van der Waals surface area contributed by atoms with E-state index in [1.165, 1.54) is 0 Å². The molecule has 0 aromatic heterocycles. The lowest BCUT2D eigenvalue weighted by molar-refractivity contribution is -0.137. The molecule has 1 atom stereocenters. The summed E-state index contributed by atoms with van der Waals surface area (Å²) in [5.74, 6) is 0.480. The minimum atomic E-state index is -2.99. The predicted octanol–water partition coefficient (Wildman–Crippen LogP) is 0.658. The Kier molecular flexibility index (Phi) is 5.07. The molecule has 2 saturated heterocycles. The van der Waals surface area contributed by atoms with Crippen molar-refractivity contribution in [2.24, 2.45) is 11.8 Å². The first-order valence-corrected chi connectivity index (χ1v) is 9.43.